The molecule has 1 unspecified atom stereocenters. The van der Waals surface area contributed by atoms with Gasteiger partial charge in [0.15, 0.2) is 5.78 Å². The quantitative estimate of drug-likeness (QED) is 0.655. The Balaban J connectivity index is 0. The van der Waals surface area contributed by atoms with E-state index in [9.17, 15) is 4.79 Å². The minimum Gasteiger partial charge on any atom is -0.309 e. The van der Waals surface area contributed by atoms with Gasteiger partial charge >= 0.3 is 0 Å². The fourth-order valence-corrected chi connectivity index (χ4v) is 1.01. The number of rotatable bonds is 3. The average Bonchev–Trinajstić information content (AvgIpc) is 2.17. The van der Waals surface area contributed by atoms with Crippen LogP contribution < -0.4 is 5.73 Å². The number of nitrogens with zero attached hydrogens (tertiary/aromatic N) is 1. The smallest absolute Gasteiger partial charge is 0.194 e. The SMILES string of the molecule is CN(C)C(N)C(=O)c1ccccc1.Cl.Cl. The number of hydrogen-bond acceptors (Lipinski definition) is 3. The number of carbonyl (C=O) groups is 1. The summed E-state index contributed by atoms with van der Waals surface area (Å²) in [6.07, 6.45) is -0.553. The van der Waals surface area contributed by atoms with Crippen molar-refractivity contribution in [3.05, 3.63) is 35.9 Å². The molecule has 5 heteroatoms. The fraction of sp³-hybridized carbons (Fsp3) is 0.300. The first-order chi connectivity index (χ1) is 6.13. The Labute approximate surface area is 102 Å². The summed E-state index contributed by atoms with van der Waals surface area (Å²) in [7, 11) is 3.57. The summed E-state index contributed by atoms with van der Waals surface area (Å²) in [5.41, 5.74) is 6.32. The lowest BCUT2D eigenvalue weighted by Gasteiger charge is -2.17. The Hall–Kier alpha value is -0.610. The van der Waals surface area contributed by atoms with Crippen LogP contribution in [0.5, 0.6) is 0 Å². The van der Waals surface area contributed by atoms with Crippen molar-refractivity contribution in [1.29, 1.82) is 0 Å². The molecule has 1 aromatic rings. The van der Waals surface area contributed by atoms with E-state index in [1.165, 1.54) is 0 Å². The predicted molar refractivity (Wildman–Crippen MR) is 66.9 cm³/mol. The zero-order valence-corrected chi connectivity index (χ0v) is 10.3. The fourth-order valence-electron chi connectivity index (χ4n) is 1.01. The number of Topliss-reactive ketones (excluding diaryl/α,β-unsaturated/α-hetero) is 1. The monoisotopic (exact) mass is 250 g/mol. The maximum absolute atomic E-state index is 11.6. The molecular formula is C10H16Cl2N2O. The third kappa shape index (κ3) is 4.62. The normalized spacial score (nSPS) is 11.2. The Kier molecular flexibility index (Phi) is 8.57. The Morgan fingerprint density at radius 3 is 2.07 bits per heavy atom. The van der Waals surface area contributed by atoms with Crippen LogP contribution in [-0.4, -0.2) is 30.9 Å². The van der Waals surface area contributed by atoms with Gasteiger partial charge in [-0.15, -0.1) is 24.8 Å². The first kappa shape index (κ1) is 16.8. The van der Waals surface area contributed by atoms with Crippen molar-refractivity contribution in [3.8, 4) is 0 Å². The Bertz CT molecular complexity index is 291. The number of carbonyl (C=O) groups excluding carboxylic acids is 1. The van der Waals surface area contributed by atoms with Gasteiger partial charge in [-0.25, -0.2) is 0 Å². The molecule has 0 aliphatic carbocycles. The van der Waals surface area contributed by atoms with E-state index < -0.39 is 6.17 Å². The third-order valence-corrected chi connectivity index (χ3v) is 1.88. The topological polar surface area (TPSA) is 46.3 Å². The molecule has 0 aliphatic rings. The van der Waals surface area contributed by atoms with Crippen LogP contribution in [0.25, 0.3) is 0 Å². The van der Waals surface area contributed by atoms with Gasteiger partial charge in [-0.1, -0.05) is 30.3 Å². The van der Waals surface area contributed by atoms with Crippen molar-refractivity contribution < 1.29 is 4.79 Å². The standard InChI is InChI=1S/C10H14N2O.2ClH/c1-12(2)10(11)9(13)8-6-4-3-5-7-8;;/h3-7,10H,11H2,1-2H3;2*1H. The van der Waals surface area contributed by atoms with Crippen LogP contribution >= 0.6 is 24.8 Å². The molecule has 0 saturated heterocycles. The van der Waals surface area contributed by atoms with Crippen LogP contribution in [0, 0.1) is 0 Å². The maximum atomic E-state index is 11.6. The molecule has 1 aromatic carbocycles. The van der Waals surface area contributed by atoms with Gasteiger partial charge in [-0.3, -0.25) is 9.69 Å². The van der Waals surface area contributed by atoms with Crippen LogP contribution in [0.15, 0.2) is 30.3 Å². The predicted octanol–water partition coefficient (Wildman–Crippen LogP) is 1.56. The van der Waals surface area contributed by atoms with E-state index in [1.807, 2.05) is 18.2 Å². The molecule has 3 nitrogen and oxygen atoms in total. The third-order valence-electron chi connectivity index (χ3n) is 1.88. The lowest BCUT2D eigenvalue weighted by atomic mass is 10.1. The first-order valence-corrected chi connectivity index (χ1v) is 4.14. The van der Waals surface area contributed by atoms with Crippen molar-refractivity contribution in [1.82, 2.24) is 4.90 Å². The summed E-state index contributed by atoms with van der Waals surface area (Å²) in [5, 5.41) is 0. The molecule has 0 fully saturated rings. The molecule has 1 atom stereocenters. The molecule has 0 bridgehead atoms. The second-order valence-electron chi connectivity index (χ2n) is 3.14. The summed E-state index contributed by atoms with van der Waals surface area (Å²) in [6, 6.07) is 9.07. The van der Waals surface area contributed by atoms with E-state index in [4.69, 9.17) is 5.73 Å². The molecule has 86 valence electrons. The molecular weight excluding hydrogens is 235 g/mol. The largest absolute Gasteiger partial charge is 0.309 e. The van der Waals surface area contributed by atoms with Crippen LogP contribution in [0.4, 0.5) is 0 Å². The zero-order valence-electron chi connectivity index (χ0n) is 8.71. The highest BCUT2D eigenvalue weighted by molar-refractivity contribution is 5.99. The molecule has 0 aromatic heterocycles. The summed E-state index contributed by atoms with van der Waals surface area (Å²) in [5.74, 6) is -0.0504. The van der Waals surface area contributed by atoms with Crippen molar-refractivity contribution >= 4 is 30.6 Å². The molecule has 0 amide bonds. The number of likely N-dealkylation sites (N-methyl/N-ethyl adjacent to an activating group) is 1. The molecule has 0 spiro atoms. The first-order valence-electron chi connectivity index (χ1n) is 4.14. The molecule has 2 N–H and O–H groups in total. The highest BCUT2D eigenvalue weighted by Gasteiger charge is 2.16. The van der Waals surface area contributed by atoms with Gasteiger partial charge < -0.3 is 5.73 Å². The van der Waals surface area contributed by atoms with Gasteiger partial charge in [0, 0.05) is 5.56 Å². The molecule has 0 heterocycles. The molecule has 0 radical (unpaired) electrons. The highest BCUT2D eigenvalue weighted by atomic mass is 35.5. The van der Waals surface area contributed by atoms with Crippen LogP contribution in [0.3, 0.4) is 0 Å². The number of hydrogen-bond donors (Lipinski definition) is 1. The molecule has 0 aliphatic heterocycles. The van der Waals surface area contributed by atoms with E-state index in [1.54, 1.807) is 31.1 Å². The van der Waals surface area contributed by atoms with Crippen LogP contribution in [0.1, 0.15) is 10.4 Å². The van der Waals surface area contributed by atoms with E-state index in [0.717, 1.165) is 0 Å². The lowest BCUT2D eigenvalue weighted by Crippen LogP contribution is -2.43. The van der Waals surface area contributed by atoms with Crippen LogP contribution in [-0.2, 0) is 0 Å². The summed E-state index contributed by atoms with van der Waals surface area (Å²) in [6.45, 7) is 0. The molecule has 15 heavy (non-hydrogen) atoms. The van der Waals surface area contributed by atoms with Crippen molar-refractivity contribution in [2.75, 3.05) is 14.1 Å². The second kappa shape index (κ2) is 7.65. The van der Waals surface area contributed by atoms with Gasteiger partial charge in [-0.2, -0.15) is 0 Å². The summed E-state index contributed by atoms with van der Waals surface area (Å²) >= 11 is 0. The van der Waals surface area contributed by atoms with Gasteiger partial charge in [0.25, 0.3) is 0 Å². The van der Waals surface area contributed by atoms with Gasteiger partial charge in [0.05, 0.1) is 0 Å². The maximum Gasteiger partial charge on any atom is 0.194 e. The van der Waals surface area contributed by atoms with Crippen LogP contribution in [0.2, 0.25) is 0 Å². The number of ketones is 1. The zero-order chi connectivity index (χ0) is 9.84. The summed E-state index contributed by atoms with van der Waals surface area (Å²) in [4.78, 5) is 13.3. The summed E-state index contributed by atoms with van der Waals surface area (Å²) < 4.78 is 0. The number of benzene rings is 1. The molecule has 0 saturated carbocycles. The highest BCUT2D eigenvalue weighted by Crippen LogP contribution is 2.02. The van der Waals surface area contributed by atoms with Gasteiger partial charge in [0.2, 0.25) is 0 Å². The second-order valence-corrected chi connectivity index (χ2v) is 3.14. The minimum atomic E-state index is -0.553. The Morgan fingerprint density at radius 2 is 1.67 bits per heavy atom. The van der Waals surface area contributed by atoms with Gasteiger partial charge in [0.1, 0.15) is 6.17 Å². The van der Waals surface area contributed by atoms with Crippen molar-refractivity contribution in [3.63, 3.8) is 0 Å². The van der Waals surface area contributed by atoms with Crippen molar-refractivity contribution in [2.24, 2.45) is 5.73 Å². The van der Waals surface area contributed by atoms with E-state index in [0.29, 0.717) is 5.56 Å². The van der Waals surface area contributed by atoms with Crippen molar-refractivity contribution in [2.45, 2.75) is 6.17 Å². The van der Waals surface area contributed by atoms with E-state index in [-0.39, 0.29) is 30.6 Å². The van der Waals surface area contributed by atoms with E-state index >= 15 is 0 Å². The minimum absolute atomic E-state index is 0. The Morgan fingerprint density at radius 1 is 1.20 bits per heavy atom. The average molecular weight is 251 g/mol. The number of halogens is 2. The number of nitrogens with two attached hydrogens (primary N) is 1. The lowest BCUT2D eigenvalue weighted by molar-refractivity contribution is 0.0880. The van der Waals surface area contributed by atoms with E-state index in [2.05, 4.69) is 0 Å². The molecule has 1 rings (SSSR count). The van der Waals surface area contributed by atoms with Gasteiger partial charge in [-0.05, 0) is 14.1 Å².